The van der Waals surface area contributed by atoms with Crippen LogP contribution in [-0.2, 0) is 0 Å². The van der Waals surface area contributed by atoms with Crippen LogP contribution in [0.3, 0.4) is 0 Å². The molecule has 4 rings (SSSR count). The van der Waals surface area contributed by atoms with Crippen molar-refractivity contribution < 1.29 is 19.1 Å². The molecule has 0 bridgehead atoms. The lowest BCUT2D eigenvalue weighted by Crippen LogP contribution is -2.11. The number of carbonyl (C=O) groups is 2. The molecular weight excluding hydrogens is 420 g/mol. The summed E-state index contributed by atoms with van der Waals surface area (Å²) < 4.78 is 12.2. The molecule has 1 aliphatic heterocycles. The van der Waals surface area contributed by atoms with Gasteiger partial charge in [-0.25, -0.2) is 0 Å². The summed E-state index contributed by atoms with van der Waals surface area (Å²) in [6, 6.07) is 21.5. The van der Waals surface area contributed by atoms with Crippen molar-refractivity contribution in [2.75, 3.05) is 6.61 Å². The number of hydrogen-bond acceptors (Lipinski definition) is 4. The molecule has 4 nitrogen and oxygen atoms in total. The van der Waals surface area contributed by atoms with Gasteiger partial charge in [-0.2, -0.15) is 0 Å². The molecular formula is C23H15BrO4. The molecule has 0 saturated heterocycles. The molecule has 0 radical (unpaired) electrons. The number of ether oxygens (including phenoxy) is 2. The highest BCUT2D eigenvalue weighted by atomic mass is 79.9. The first-order valence-corrected chi connectivity index (χ1v) is 9.44. The van der Waals surface area contributed by atoms with Crippen molar-refractivity contribution in [1.82, 2.24) is 0 Å². The maximum absolute atomic E-state index is 12.5. The standard InChI is InChI=1S/C23H15BrO4/c24-17-8-6-16(7-9-17)20(25)14-27-18-10-11-19-21(13-18)28-22(23(19)26)12-15-4-2-1-3-5-15/h1-13H,14H2. The van der Waals surface area contributed by atoms with E-state index in [0.717, 1.165) is 10.0 Å². The van der Waals surface area contributed by atoms with Gasteiger partial charge in [0.1, 0.15) is 11.5 Å². The molecule has 0 aliphatic carbocycles. The first kappa shape index (κ1) is 18.2. The van der Waals surface area contributed by atoms with Gasteiger partial charge in [-0.15, -0.1) is 0 Å². The molecule has 3 aromatic rings. The highest BCUT2D eigenvalue weighted by Crippen LogP contribution is 2.34. The Morgan fingerprint density at radius 3 is 2.50 bits per heavy atom. The third-order valence-electron chi connectivity index (χ3n) is 4.27. The van der Waals surface area contributed by atoms with Gasteiger partial charge in [-0.3, -0.25) is 9.59 Å². The third-order valence-corrected chi connectivity index (χ3v) is 4.80. The second-order valence-electron chi connectivity index (χ2n) is 6.23. The molecule has 0 unspecified atom stereocenters. The Bertz CT molecular complexity index is 1070. The highest BCUT2D eigenvalue weighted by Gasteiger charge is 2.27. The average molecular weight is 435 g/mol. The molecule has 0 spiro atoms. The van der Waals surface area contributed by atoms with E-state index in [1.165, 1.54) is 0 Å². The smallest absolute Gasteiger partial charge is 0.231 e. The number of rotatable bonds is 5. The van der Waals surface area contributed by atoms with Gasteiger partial charge in [0, 0.05) is 16.1 Å². The number of carbonyl (C=O) groups excluding carboxylic acids is 2. The number of halogens is 1. The van der Waals surface area contributed by atoms with Crippen molar-refractivity contribution in [1.29, 1.82) is 0 Å². The molecule has 28 heavy (non-hydrogen) atoms. The summed E-state index contributed by atoms with van der Waals surface area (Å²) in [5.74, 6) is 0.869. The van der Waals surface area contributed by atoms with Crippen LogP contribution in [-0.4, -0.2) is 18.2 Å². The zero-order valence-corrected chi connectivity index (χ0v) is 16.3. The van der Waals surface area contributed by atoms with Crippen LogP contribution in [0.1, 0.15) is 26.3 Å². The summed E-state index contributed by atoms with van der Waals surface area (Å²) in [6.07, 6.45) is 1.71. The second kappa shape index (κ2) is 7.82. The Morgan fingerprint density at radius 1 is 1.00 bits per heavy atom. The lowest BCUT2D eigenvalue weighted by Gasteiger charge is -2.07. The molecule has 1 heterocycles. The van der Waals surface area contributed by atoms with Crippen LogP contribution in [0.5, 0.6) is 11.5 Å². The third kappa shape index (κ3) is 3.89. The summed E-state index contributed by atoms with van der Waals surface area (Å²) in [5, 5.41) is 0. The van der Waals surface area contributed by atoms with Crippen LogP contribution in [0.4, 0.5) is 0 Å². The molecule has 0 aromatic heterocycles. The minimum absolute atomic E-state index is 0.0962. The molecule has 0 saturated carbocycles. The summed E-state index contributed by atoms with van der Waals surface area (Å²) >= 11 is 3.34. The van der Waals surface area contributed by atoms with E-state index in [4.69, 9.17) is 9.47 Å². The topological polar surface area (TPSA) is 52.6 Å². The fourth-order valence-corrected chi connectivity index (χ4v) is 3.09. The number of Topliss-reactive ketones (excluding diaryl/α,β-unsaturated/α-hetero) is 2. The summed E-state index contributed by atoms with van der Waals surface area (Å²) in [5.41, 5.74) is 1.94. The highest BCUT2D eigenvalue weighted by molar-refractivity contribution is 9.10. The minimum Gasteiger partial charge on any atom is -0.485 e. The van der Waals surface area contributed by atoms with Crippen molar-refractivity contribution in [2.45, 2.75) is 0 Å². The summed E-state index contributed by atoms with van der Waals surface area (Å²) in [7, 11) is 0. The fourth-order valence-electron chi connectivity index (χ4n) is 2.83. The second-order valence-corrected chi connectivity index (χ2v) is 7.14. The normalized spacial score (nSPS) is 13.9. The Balaban J connectivity index is 1.46. The van der Waals surface area contributed by atoms with Crippen LogP contribution in [0, 0.1) is 0 Å². The van der Waals surface area contributed by atoms with E-state index < -0.39 is 0 Å². The number of allylic oxidation sites excluding steroid dienone is 1. The van der Waals surface area contributed by atoms with E-state index in [1.807, 2.05) is 42.5 Å². The van der Waals surface area contributed by atoms with Gasteiger partial charge >= 0.3 is 0 Å². The van der Waals surface area contributed by atoms with Gasteiger partial charge in [-0.1, -0.05) is 58.4 Å². The monoisotopic (exact) mass is 434 g/mol. The largest absolute Gasteiger partial charge is 0.485 e. The van der Waals surface area contributed by atoms with Gasteiger partial charge in [0.15, 0.2) is 18.1 Å². The van der Waals surface area contributed by atoms with Crippen molar-refractivity contribution in [3.05, 3.63) is 99.7 Å². The molecule has 138 valence electrons. The lowest BCUT2D eigenvalue weighted by molar-refractivity contribution is 0.0921. The van der Waals surface area contributed by atoms with Crippen LogP contribution in [0.15, 0.2) is 83.0 Å². The Kier molecular flexibility index (Phi) is 5.08. The predicted octanol–water partition coefficient (Wildman–Crippen LogP) is 5.33. The average Bonchev–Trinajstić information content (AvgIpc) is 3.02. The van der Waals surface area contributed by atoms with Gasteiger partial charge in [0.2, 0.25) is 5.78 Å². The van der Waals surface area contributed by atoms with E-state index in [1.54, 1.807) is 36.4 Å². The first-order chi connectivity index (χ1) is 13.6. The van der Waals surface area contributed by atoms with Crippen LogP contribution < -0.4 is 9.47 Å². The molecule has 0 N–H and O–H groups in total. The predicted molar refractivity (Wildman–Crippen MR) is 110 cm³/mol. The van der Waals surface area contributed by atoms with E-state index in [0.29, 0.717) is 22.6 Å². The van der Waals surface area contributed by atoms with E-state index in [-0.39, 0.29) is 23.9 Å². The number of benzene rings is 3. The fraction of sp³-hybridized carbons (Fsp3) is 0.0435. The van der Waals surface area contributed by atoms with Gasteiger partial charge in [-0.05, 0) is 35.9 Å². The molecule has 3 aromatic carbocycles. The van der Waals surface area contributed by atoms with Gasteiger partial charge in [0.05, 0.1) is 5.56 Å². The van der Waals surface area contributed by atoms with Crippen molar-refractivity contribution in [3.8, 4) is 11.5 Å². The molecule has 0 amide bonds. The number of ketones is 2. The van der Waals surface area contributed by atoms with Crippen LogP contribution >= 0.6 is 15.9 Å². The Labute approximate surface area is 170 Å². The first-order valence-electron chi connectivity index (χ1n) is 8.65. The quantitative estimate of drug-likeness (QED) is 0.402. The van der Waals surface area contributed by atoms with Gasteiger partial charge in [0.25, 0.3) is 0 Å². The van der Waals surface area contributed by atoms with Crippen molar-refractivity contribution in [2.24, 2.45) is 0 Å². The zero-order chi connectivity index (χ0) is 19.5. The Hall–Kier alpha value is -3.18. The zero-order valence-electron chi connectivity index (χ0n) is 14.7. The van der Waals surface area contributed by atoms with E-state index in [9.17, 15) is 9.59 Å². The molecule has 0 atom stereocenters. The van der Waals surface area contributed by atoms with Crippen LogP contribution in [0.25, 0.3) is 6.08 Å². The van der Waals surface area contributed by atoms with E-state index >= 15 is 0 Å². The maximum atomic E-state index is 12.5. The van der Waals surface area contributed by atoms with Gasteiger partial charge < -0.3 is 9.47 Å². The summed E-state index contributed by atoms with van der Waals surface area (Å²) in [6.45, 7) is -0.0962. The lowest BCUT2D eigenvalue weighted by atomic mass is 10.1. The van der Waals surface area contributed by atoms with Crippen LogP contribution in [0.2, 0.25) is 0 Å². The molecule has 1 aliphatic rings. The Morgan fingerprint density at radius 2 is 1.75 bits per heavy atom. The van der Waals surface area contributed by atoms with E-state index in [2.05, 4.69) is 15.9 Å². The minimum atomic E-state index is -0.170. The maximum Gasteiger partial charge on any atom is 0.231 e. The molecule has 5 heteroatoms. The molecule has 0 fully saturated rings. The number of hydrogen-bond donors (Lipinski definition) is 0. The van der Waals surface area contributed by atoms with Crippen molar-refractivity contribution in [3.63, 3.8) is 0 Å². The summed E-state index contributed by atoms with van der Waals surface area (Å²) in [4.78, 5) is 24.7. The SMILES string of the molecule is O=C(COc1ccc2c(c1)OC(=Cc1ccccc1)C2=O)c1ccc(Br)cc1. The van der Waals surface area contributed by atoms with Crippen molar-refractivity contribution >= 4 is 33.6 Å². The number of fused-ring (bicyclic) bond motifs is 1.